The van der Waals surface area contributed by atoms with E-state index in [1.807, 2.05) is 6.07 Å². The Labute approximate surface area is 120 Å². The van der Waals surface area contributed by atoms with E-state index >= 15 is 0 Å². The van der Waals surface area contributed by atoms with Crippen molar-refractivity contribution in [3.8, 4) is 6.07 Å². The minimum Gasteiger partial charge on any atom is -0.480 e. The standard InChI is InChI=1S/C13H14N4O4/c14-7-8-2-1-3-9(6-8)16-13(21)17-10(12(19)20)4-5-11(15)18/h1-3,6,10H,4-5H2,(H2,15,18)(H,19,20)(H2,16,17,21)/t10-/m0/s1. The van der Waals surface area contributed by atoms with Crippen molar-refractivity contribution in [2.45, 2.75) is 18.9 Å². The molecule has 0 aliphatic rings. The number of primary amides is 1. The molecule has 0 fully saturated rings. The van der Waals surface area contributed by atoms with Gasteiger partial charge in [0.25, 0.3) is 0 Å². The van der Waals surface area contributed by atoms with E-state index in [2.05, 4.69) is 10.6 Å². The summed E-state index contributed by atoms with van der Waals surface area (Å²) in [5.41, 5.74) is 5.65. The highest BCUT2D eigenvalue weighted by Gasteiger charge is 2.20. The predicted molar refractivity (Wildman–Crippen MR) is 73.2 cm³/mol. The molecule has 0 saturated carbocycles. The number of carbonyl (C=O) groups is 3. The molecular formula is C13H14N4O4. The normalized spacial score (nSPS) is 11.0. The van der Waals surface area contributed by atoms with Crippen molar-refractivity contribution in [2.24, 2.45) is 5.73 Å². The van der Waals surface area contributed by atoms with Crippen molar-refractivity contribution in [1.82, 2.24) is 5.32 Å². The Morgan fingerprint density at radius 1 is 1.38 bits per heavy atom. The van der Waals surface area contributed by atoms with E-state index in [4.69, 9.17) is 16.1 Å². The number of nitrogens with zero attached hydrogens (tertiary/aromatic N) is 1. The molecule has 8 nitrogen and oxygen atoms in total. The number of hydrogen-bond donors (Lipinski definition) is 4. The second-order valence-corrected chi connectivity index (χ2v) is 4.19. The number of nitrogens with two attached hydrogens (primary N) is 1. The number of nitrogens with one attached hydrogen (secondary N) is 2. The fourth-order valence-corrected chi connectivity index (χ4v) is 1.54. The Bertz CT molecular complexity index is 594. The summed E-state index contributed by atoms with van der Waals surface area (Å²) in [6.45, 7) is 0. The van der Waals surface area contributed by atoms with E-state index in [1.54, 1.807) is 18.2 Å². The number of nitriles is 1. The van der Waals surface area contributed by atoms with Crippen molar-refractivity contribution in [1.29, 1.82) is 5.26 Å². The average molecular weight is 290 g/mol. The van der Waals surface area contributed by atoms with Crippen molar-refractivity contribution >= 4 is 23.6 Å². The number of amides is 3. The van der Waals surface area contributed by atoms with E-state index in [9.17, 15) is 14.4 Å². The van der Waals surface area contributed by atoms with E-state index < -0.39 is 23.9 Å². The van der Waals surface area contributed by atoms with Crippen molar-refractivity contribution < 1.29 is 19.5 Å². The van der Waals surface area contributed by atoms with Crippen LogP contribution in [-0.4, -0.2) is 29.1 Å². The van der Waals surface area contributed by atoms with Gasteiger partial charge in [-0.3, -0.25) is 4.79 Å². The lowest BCUT2D eigenvalue weighted by Gasteiger charge is -2.14. The van der Waals surface area contributed by atoms with Crippen LogP contribution in [0.3, 0.4) is 0 Å². The van der Waals surface area contributed by atoms with Gasteiger partial charge >= 0.3 is 12.0 Å². The van der Waals surface area contributed by atoms with Crippen LogP contribution in [-0.2, 0) is 9.59 Å². The molecular weight excluding hydrogens is 276 g/mol. The Morgan fingerprint density at radius 3 is 2.67 bits per heavy atom. The molecule has 110 valence electrons. The molecule has 1 rings (SSSR count). The highest BCUT2D eigenvalue weighted by Crippen LogP contribution is 2.09. The molecule has 1 atom stereocenters. The quantitative estimate of drug-likeness (QED) is 0.599. The number of carboxylic acids is 1. The number of benzene rings is 1. The number of carbonyl (C=O) groups excluding carboxylic acids is 2. The van der Waals surface area contributed by atoms with Crippen LogP contribution in [0.25, 0.3) is 0 Å². The SMILES string of the molecule is N#Cc1cccc(NC(=O)N[C@@H](CCC(N)=O)C(=O)O)c1. The number of urea groups is 1. The first-order chi connectivity index (χ1) is 9.92. The van der Waals surface area contributed by atoms with E-state index in [-0.39, 0.29) is 12.8 Å². The van der Waals surface area contributed by atoms with Gasteiger partial charge in [0.05, 0.1) is 11.6 Å². The minimum atomic E-state index is -1.27. The van der Waals surface area contributed by atoms with Crippen molar-refractivity contribution in [3.05, 3.63) is 29.8 Å². The van der Waals surface area contributed by atoms with E-state index in [1.165, 1.54) is 6.07 Å². The molecule has 0 aromatic heterocycles. The number of anilines is 1. The van der Waals surface area contributed by atoms with Crippen LogP contribution in [0.1, 0.15) is 18.4 Å². The Kier molecular flexibility index (Phi) is 5.70. The van der Waals surface area contributed by atoms with Crippen molar-refractivity contribution in [2.75, 3.05) is 5.32 Å². The van der Waals surface area contributed by atoms with Crippen molar-refractivity contribution in [3.63, 3.8) is 0 Å². The van der Waals surface area contributed by atoms with E-state index in [0.29, 0.717) is 11.3 Å². The highest BCUT2D eigenvalue weighted by molar-refractivity contribution is 5.92. The molecule has 0 heterocycles. The monoisotopic (exact) mass is 290 g/mol. The van der Waals surface area contributed by atoms with Gasteiger partial charge in [-0.1, -0.05) is 6.07 Å². The number of hydrogen-bond acceptors (Lipinski definition) is 4. The first kappa shape index (κ1) is 16.0. The zero-order chi connectivity index (χ0) is 15.8. The first-order valence-corrected chi connectivity index (χ1v) is 6.01. The largest absolute Gasteiger partial charge is 0.480 e. The molecule has 21 heavy (non-hydrogen) atoms. The molecule has 5 N–H and O–H groups in total. The smallest absolute Gasteiger partial charge is 0.326 e. The number of rotatable bonds is 6. The molecule has 0 unspecified atom stereocenters. The molecule has 0 aliphatic carbocycles. The summed E-state index contributed by atoms with van der Waals surface area (Å²) in [5, 5.41) is 22.3. The summed E-state index contributed by atoms with van der Waals surface area (Å²) >= 11 is 0. The minimum absolute atomic E-state index is 0.101. The summed E-state index contributed by atoms with van der Waals surface area (Å²) in [6.07, 6.45) is -0.252. The third-order valence-electron chi connectivity index (χ3n) is 2.53. The third-order valence-corrected chi connectivity index (χ3v) is 2.53. The number of aliphatic carboxylic acids is 1. The Balaban J connectivity index is 2.63. The van der Waals surface area contributed by atoms with Gasteiger partial charge in [0.15, 0.2) is 0 Å². The molecule has 0 spiro atoms. The molecule has 0 aliphatic heterocycles. The van der Waals surface area contributed by atoms with Crippen LogP contribution in [0, 0.1) is 11.3 Å². The molecule has 1 aromatic rings. The van der Waals surface area contributed by atoms with Crippen LogP contribution in [0.4, 0.5) is 10.5 Å². The Morgan fingerprint density at radius 2 is 2.10 bits per heavy atom. The van der Waals surface area contributed by atoms with Crippen LogP contribution < -0.4 is 16.4 Å². The lowest BCUT2D eigenvalue weighted by molar-refractivity contribution is -0.139. The first-order valence-electron chi connectivity index (χ1n) is 6.01. The van der Waals surface area contributed by atoms with Gasteiger partial charge in [0.2, 0.25) is 5.91 Å². The topological polar surface area (TPSA) is 145 Å². The second kappa shape index (κ2) is 7.49. The van der Waals surface area contributed by atoms with Crippen LogP contribution in [0.5, 0.6) is 0 Å². The summed E-state index contributed by atoms with van der Waals surface area (Å²) < 4.78 is 0. The van der Waals surface area contributed by atoms with Gasteiger partial charge < -0.3 is 21.5 Å². The van der Waals surface area contributed by atoms with Crippen LogP contribution in [0.2, 0.25) is 0 Å². The van der Waals surface area contributed by atoms with Gasteiger partial charge in [-0.25, -0.2) is 9.59 Å². The molecule has 3 amide bonds. The van der Waals surface area contributed by atoms with Crippen LogP contribution >= 0.6 is 0 Å². The summed E-state index contributed by atoms with van der Waals surface area (Å²) in [6, 6.07) is 6.08. The van der Waals surface area contributed by atoms with Gasteiger partial charge in [-0.2, -0.15) is 5.26 Å². The maximum absolute atomic E-state index is 11.7. The zero-order valence-electron chi connectivity index (χ0n) is 11.0. The molecule has 0 saturated heterocycles. The van der Waals surface area contributed by atoms with Gasteiger partial charge in [-0.05, 0) is 24.6 Å². The molecule has 0 radical (unpaired) electrons. The van der Waals surface area contributed by atoms with Gasteiger partial charge in [-0.15, -0.1) is 0 Å². The van der Waals surface area contributed by atoms with Gasteiger partial charge in [0, 0.05) is 12.1 Å². The summed E-state index contributed by atoms with van der Waals surface area (Å²) in [7, 11) is 0. The van der Waals surface area contributed by atoms with Crippen LogP contribution in [0.15, 0.2) is 24.3 Å². The fourth-order valence-electron chi connectivity index (χ4n) is 1.54. The molecule has 8 heteroatoms. The van der Waals surface area contributed by atoms with E-state index in [0.717, 1.165) is 0 Å². The zero-order valence-corrected chi connectivity index (χ0v) is 11.0. The third kappa shape index (κ3) is 5.61. The molecule has 1 aromatic carbocycles. The second-order valence-electron chi connectivity index (χ2n) is 4.19. The average Bonchev–Trinajstić information content (AvgIpc) is 2.43. The number of carboxylic acid groups (broad SMARTS) is 1. The lowest BCUT2D eigenvalue weighted by atomic mass is 10.1. The summed E-state index contributed by atoms with van der Waals surface area (Å²) in [5.74, 6) is -1.91. The summed E-state index contributed by atoms with van der Waals surface area (Å²) in [4.78, 5) is 33.3. The molecule has 0 bridgehead atoms. The Hall–Kier alpha value is -3.08. The van der Waals surface area contributed by atoms with Gasteiger partial charge in [0.1, 0.15) is 6.04 Å². The predicted octanol–water partition coefficient (Wildman–Crippen LogP) is 0.398. The highest BCUT2D eigenvalue weighted by atomic mass is 16.4. The fraction of sp³-hybridized carbons (Fsp3) is 0.231. The maximum atomic E-state index is 11.7. The lowest BCUT2D eigenvalue weighted by Crippen LogP contribution is -2.43. The maximum Gasteiger partial charge on any atom is 0.326 e.